The number of hydrogen-bond donors (Lipinski definition) is 2. The zero-order valence-corrected chi connectivity index (χ0v) is 15.7. The molecule has 0 saturated heterocycles. The van der Waals surface area contributed by atoms with Crippen molar-refractivity contribution in [1.29, 1.82) is 0 Å². The van der Waals surface area contributed by atoms with Gasteiger partial charge in [0.1, 0.15) is 5.76 Å². The van der Waals surface area contributed by atoms with Gasteiger partial charge in [-0.25, -0.2) is 13.1 Å². The van der Waals surface area contributed by atoms with Gasteiger partial charge < -0.3 is 9.84 Å². The predicted molar refractivity (Wildman–Crippen MR) is 101 cm³/mol. The molecule has 1 heterocycles. The van der Waals surface area contributed by atoms with Crippen molar-refractivity contribution in [1.82, 2.24) is 9.88 Å². The van der Waals surface area contributed by atoms with Crippen molar-refractivity contribution in [3.63, 3.8) is 0 Å². The molecule has 0 bridgehead atoms. The minimum atomic E-state index is -3.76. The lowest BCUT2D eigenvalue weighted by molar-refractivity contribution is 0.102. The molecule has 0 saturated carbocycles. The van der Waals surface area contributed by atoms with E-state index in [9.17, 15) is 13.2 Å². The Morgan fingerprint density at radius 2 is 1.85 bits per heavy atom. The Balaban J connectivity index is 1.75. The van der Waals surface area contributed by atoms with Gasteiger partial charge in [0.25, 0.3) is 5.91 Å². The van der Waals surface area contributed by atoms with Crippen molar-refractivity contribution in [2.75, 3.05) is 5.32 Å². The number of benzene rings is 2. The van der Waals surface area contributed by atoms with Crippen LogP contribution in [0.1, 0.15) is 27.2 Å². The zero-order chi connectivity index (χ0) is 19.4. The third kappa shape index (κ3) is 4.60. The van der Waals surface area contributed by atoms with E-state index in [1.807, 2.05) is 31.2 Å². The summed E-state index contributed by atoms with van der Waals surface area (Å²) >= 11 is 0. The fraction of sp³-hybridized carbons (Fsp3) is 0.158. The van der Waals surface area contributed by atoms with Crippen LogP contribution < -0.4 is 10.0 Å². The summed E-state index contributed by atoms with van der Waals surface area (Å²) in [7, 11) is -3.76. The molecule has 0 radical (unpaired) electrons. The zero-order valence-electron chi connectivity index (χ0n) is 14.9. The summed E-state index contributed by atoms with van der Waals surface area (Å²) in [5.74, 6) is 0.352. The Bertz CT molecular complexity index is 1070. The number of anilines is 1. The van der Waals surface area contributed by atoms with E-state index in [4.69, 9.17) is 4.52 Å². The lowest BCUT2D eigenvalue weighted by atomic mass is 10.1. The van der Waals surface area contributed by atoms with Gasteiger partial charge in [0, 0.05) is 18.2 Å². The van der Waals surface area contributed by atoms with Gasteiger partial charge in [-0.15, -0.1) is 0 Å². The first-order valence-electron chi connectivity index (χ1n) is 8.24. The molecule has 0 aliphatic heterocycles. The van der Waals surface area contributed by atoms with Crippen LogP contribution in [0.2, 0.25) is 0 Å². The van der Waals surface area contributed by atoms with E-state index in [0.717, 1.165) is 11.1 Å². The number of carbonyl (C=O) groups excluding carboxylic acids is 1. The van der Waals surface area contributed by atoms with Gasteiger partial charge in [0.15, 0.2) is 5.82 Å². The Morgan fingerprint density at radius 1 is 1.07 bits per heavy atom. The highest BCUT2D eigenvalue weighted by atomic mass is 32.2. The molecule has 2 N–H and O–H groups in total. The average molecular weight is 385 g/mol. The number of amides is 1. The van der Waals surface area contributed by atoms with Crippen molar-refractivity contribution < 1.29 is 17.7 Å². The molecule has 0 unspecified atom stereocenters. The number of carbonyl (C=O) groups is 1. The summed E-state index contributed by atoms with van der Waals surface area (Å²) in [5.41, 5.74) is 2.09. The first kappa shape index (κ1) is 18.8. The van der Waals surface area contributed by atoms with E-state index in [1.165, 1.54) is 24.3 Å². The van der Waals surface area contributed by atoms with Gasteiger partial charge in [-0.3, -0.25) is 4.79 Å². The molecule has 27 heavy (non-hydrogen) atoms. The normalized spacial score (nSPS) is 11.3. The van der Waals surface area contributed by atoms with Gasteiger partial charge in [-0.1, -0.05) is 35.5 Å². The van der Waals surface area contributed by atoms with Crippen LogP contribution in [0.3, 0.4) is 0 Å². The van der Waals surface area contributed by atoms with Crippen molar-refractivity contribution in [3.05, 3.63) is 77.0 Å². The maximum atomic E-state index is 12.6. The molecular weight excluding hydrogens is 366 g/mol. The third-order valence-corrected chi connectivity index (χ3v) is 5.39. The Labute approximate surface area is 157 Å². The van der Waals surface area contributed by atoms with Crippen molar-refractivity contribution >= 4 is 21.7 Å². The monoisotopic (exact) mass is 385 g/mol. The molecule has 0 atom stereocenters. The first-order chi connectivity index (χ1) is 12.8. The molecule has 0 fully saturated rings. The third-order valence-electron chi connectivity index (χ3n) is 3.99. The fourth-order valence-corrected chi connectivity index (χ4v) is 3.53. The standard InChI is InChI=1S/C19H19N3O4S/c1-13-6-3-4-7-16(13)12-20-27(24,25)17-9-5-8-15(11-17)19(23)21-18-10-14(2)26-22-18/h3-11,20H,12H2,1-2H3,(H,21,22,23). The quantitative estimate of drug-likeness (QED) is 0.679. The minimum absolute atomic E-state index is 0.0140. The maximum Gasteiger partial charge on any atom is 0.256 e. The SMILES string of the molecule is Cc1cc(NC(=O)c2cccc(S(=O)(=O)NCc3ccccc3C)c2)no1. The number of rotatable bonds is 6. The maximum absolute atomic E-state index is 12.6. The van der Waals surface area contributed by atoms with Crippen LogP contribution in [-0.4, -0.2) is 19.5 Å². The van der Waals surface area contributed by atoms with Crippen LogP contribution in [0.15, 0.2) is 64.0 Å². The Kier molecular flexibility index (Phi) is 5.38. The highest BCUT2D eigenvalue weighted by molar-refractivity contribution is 7.89. The van der Waals surface area contributed by atoms with Gasteiger partial charge in [0.05, 0.1) is 4.90 Å². The highest BCUT2D eigenvalue weighted by Gasteiger charge is 2.17. The number of sulfonamides is 1. The highest BCUT2D eigenvalue weighted by Crippen LogP contribution is 2.15. The van der Waals surface area contributed by atoms with Crippen LogP contribution >= 0.6 is 0 Å². The van der Waals surface area contributed by atoms with Gasteiger partial charge in [-0.2, -0.15) is 0 Å². The molecule has 2 aromatic carbocycles. The summed E-state index contributed by atoms with van der Waals surface area (Å²) in [5, 5.41) is 6.25. The van der Waals surface area contributed by atoms with E-state index < -0.39 is 15.9 Å². The van der Waals surface area contributed by atoms with Crippen molar-refractivity contribution in [2.24, 2.45) is 0 Å². The topological polar surface area (TPSA) is 101 Å². The second kappa shape index (κ2) is 7.73. The summed E-state index contributed by atoms with van der Waals surface area (Å²) in [6, 6.07) is 14.9. The number of nitrogens with zero attached hydrogens (tertiary/aromatic N) is 1. The number of aryl methyl sites for hydroxylation is 2. The molecule has 8 heteroatoms. The van der Waals surface area contributed by atoms with Crippen molar-refractivity contribution in [3.8, 4) is 0 Å². The number of aromatic nitrogens is 1. The molecule has 1 aromatic heterocycles. The van der Waals surface area contributed by atoms with Gasteiger partial charge in [0.2, 0.25) is 10.0 Å². The Hall–Kier alpha value is -2.97. The first-order valence-corrected chi connectivity index (χ1v) is 9.72. The molecule has 0 aliphatic carbocycles. The molecule has 0 aliphatic rings. The molecule has 3 rings (SSSR count). The predicted octanol–water partition coefficient (Wildman–Crippen LogP) is 3.02. The summed E-state index contributed by atoms with van der Waals surface area (Å²) in [4.78, 5) is 12.3. The fourth-order valence-electron chi connectivity index (χ4n) is 2.48. The molecule has 3 aromatic rings. The van der Waals surface area contributed by atoms with E-state index in [1.54, 1.807) is 13.0 Å². The van der Waals surface area contributed by atoms with E-state index in [-0.39, 0.29) is 22.8 Å². The van der Waals surface area contributed by atoms with Crippen LogP contribution in [0.4, 0.5) is 5.82 Å². The largest absolute Gasteiger partial charge is 0.360 e. The van der Waals surface area contributed by atoms with E-state index in [2.05, 4.69) is 15.2 Å². The van der Waals surface area contributed by atoms with Crippen molar-refractivity contribution in [2.45, 2.75) is 25.3 Å². The van der Waals surface area contributed by atoms with Crippen LogP contribution in [0.5, 0.6) is 0 Å². The van der Waals surface area contributed by atoms with Crippen LogP contribution in [0.25, 0.3) is 0 Å². The number of hydrogen-bond acceptors (Lipinski definition) is 5. The van der Waals surface area contributed by atoms with E-state index >= 15 is 0 Å². The summed E-state index contributed by atoms with van der Waals surface area (Å²) in [6.07, 6.45) is 0. The lowest BCUT2D eigenvalue weighted by Gasteiger charge is -2.10. The molecule has 0 spiro atoms. The number of nitrogens with one attached hydrogen (secondary N) is 2. The molecule has 7 nitrogen and oxygen atoms in total. The summed E-state index contributed by atoms with van der Waals surface area (Å²) in [6.45, 7) is 3.79. The van der Waals surface area contributed by atoms with Crippen LogP contribution in [0, 0.1) is 13.8 Å². The minimum Gasteiger partial charge on any atom is -0.360 e. The van der Waals surface area contributed by atoms with Gasteiger partial charge in [-0.05, 0) is 43.2 Å². The molecular formula is C19H19N3O4S. The molecule has 140 valence electrons. The Morgan fingerprint density at radius 3 is 2.56 bits per heavy atom. The van der Waals surface area contributed by atoms with E-state index in [0.29, 0.717) is 5.76 Å². The van der Waals surface area contributed by atoms with Crippen LogP contribution in [-0.2, 0) is 16.6 Å². The second-order valence-corrected chi connectivity index (χ2v) is 7.82. The summed E-state index contributed by atoms with van der Waals surface area (Å²) < 4.78 is 32.6. The van der Waals surface area contributed by atoms with Gasteiger partial charge >= 0.3 is 0 Å². The lowest BCUT2D eigenvalue weighted by Crippen LogP contribution is -2.24. The second-order valence-electron chi connectivity index (χ2n) is 6.06. The molecule has 1 amide bonds. The average Bonchev–Trinajstić information content (AvgIpc) is 3.06. The smallest absolute Gasteiger partial charge is 0.256 e.